The van der Waals surface area contributed by atoms with E-state index in [1.165, 1.54) is 24.2 Å². The zero-order valence-corrected chi connectivity index (χ0v) is 15.1. The van der Waals surface area contributed by atoms with E-state index in [0.29, 0.717) is 5.92 Å². The molecule has 0 atom stereocenters. The van der Waals surface area contributed by atoms with E-state index in [-0.39, 0.29) is 0 Å². The van der Waals surface area contributed by atoms with Crippen molar-refractivity contribution >= 4 is 22.8 Å². The van der Waals surface area contributed by atoms with Crippen molar-refractivity contribution in [1.82, 2.24) is 24.3 Å². The highest BCUT2D eigenvalue weighted by atomic mass is 32.2. The lowest BCUT2D eigenvalue weighted by molar-refractivity contribution is 0.585. The van der Waals surface area contributed by atoms with Crippen molar-refractivity contribution in [3.63, 3.8) is 0 Å². The van der Waals surface area contributed by atoms with Crippen LogP contribution < -0.4 is 0 Å². The van der Waals surface area contributed by atoms with Crippen molar-refractivity contribution in [2.45, 2.75) is 45.2 Å². The summed E-state index contributed by atoms with van der Waals surface area (Å²) in [5, 5.41) is 4.68. The van der Waals surface area contributed by atoms with E-state index in [0.717, 1.165) is 42.4 Å². The molecule has 0 aliphatic heterocycles. The van der Waals surface area contributed by atoms with Gasteiger partial charge in [0.1, 0.15) is 11.6 Å². The maximum absolute atomic E-state index is 4.88. The van der Waals surface area contributed by atoms with Crippen molar-refractivity contribution in [3.8, 4) is 0 Å². The van der Waals surface area contributed by atoms with Crippen LogP contribution in [-0.4, -0.2) is 36.3 Å². The molecule has 0 spiro atoms. The van der Waals surface area contributed by atoms with Gasteiger partial charge in [0.15, 0.2) is 5.82 Å². The van der Waals surface area contributed by atoms with Crippen LogP contribution in [0.15, 0.2) is 24.3 Å². The fourth-order valence-electron chi connectivity index (χ4n) is 3.15. The molecule has 5 nitrogen and oxygen atoms in total. The van der Waals surface area contributed by atoms with E-state index >= 15 is 0 Å². The average Bonchev–Trinajstić information content (AvgIpc) is 3.28. The van der Waals surface area contributed by atoms with Gasteiger partial charge in [0.2, 0.25) is 0 Å². The molecule has 0 amide bonds. The van der Waals surface area contributed by atoms with Gasteiger partial charge in [-0.3, -0.25) is 0 Å². The molecule has 1 saturated carbocycles. The van der Waals surface area contributed by atoms with E-state index in [9.17, 15) is 0 Å². The van der Waals surface area contributed by atoms with Crippen LogP contribution in [0.2, 0.25) is 0 Å². The zero-order chi connectivity index (χ0) is 16.5. The van der Waals surface area contributed by atoms with Gasteiger partial charge in [-0.1, -0.05) is 12.1 Å². The SMILES string of the molecule is CCn1nc(CCSC)nc1Cn1c(C2CC2)nc2ccccc21. The van der Waals surface area contributed by atoms with Gasteiger partial charge >= 0.3 is 0 Å². The Balaban J connectivity index is 1.71. The summed E-state index contributed by atoms with van der Waals surface area (Å²) in [7, 11) is 0. The molecule has 0 bridgehead atoms. The smallest absolute Gasteiger partial charge is 0.151 e. The summed E-state index contributed by atoms with van der Waals surface area (Å²) in [6, 6.07) is 8.42. The van der Waals surface area contributed by atoms with E-state index in [1.54, 1.807) is 0 Å². The Morgan fingerprint density at radius 1 is 1.21 bits per heavy atom. The molecule has 0 radical (unpaired) electrons. The predicted molar refractivity (Wildman–Crippen MR) is 98.6 cm³/mol. The number of aryl methyl sites for hydroxylation is 2. The zero-order valence-electron chi connectivity index (χ0n) is 14.3. The lowest BCUT2D eigenvalue weighted by Crippen LogP contribution is -2.11. The molecular formula is C18H23N5S. The van der Waals surface area contributed by atoms with E-state index in [1.807, 2.05) is 16.4 Å². The number of benzene rings is 1. The Morgan fingerprint density at radius 2 is 2.04 bits per heavy atom. The normalized spacial score (nSPS) is 14.6. The number of hydrogen-bond donors (Lipinski definition) is 0. The summed E-state index contributed by atoms with van der Waals surface area (Å²) in [6.07, 6.45) is 5.56. The Kier molecular flexibility index (Phi) is 4.31. The number of para-hydroxylation sites is 2. The molecule has 126 valence electrons. The van der Waals surface area contributed by atoms with Gasteiger partial charge in [-0.25, -0.2) is 14.6 Å². The van der Waals surface area contributed by atoms with Gasteiger partial charge < -0.3 is 4.57 Å². The molecule has 4 rings (SSSR count). The Hall–Kier alpha value is -1.82. The number of nitrogens with zero attached hydrogens (tertiary/aromatic N) is 5. The van der Waals surface area contributed by atoms with Gasteiger partial charge in [0.05, 0.1) is 17.6 Å². The number of imidazole rings is 1. The minimum Gasteiger partial charge on any atom is -0.320 e. The summed E-state index contributed by atoms with van der Waals surface area (Å²) < 4.78 is 4.39. The number of aromatic nitrogens is 5. The number of hydrogen-bond acceptors (Lipinski definition) is 4. The third-order valence-corrected chi connectivity index (χ3v) is 5.16. The van der Waals surface area contributed by atoms with Crippen molar-refractivity contribution in [1.29, 1.82) is 0 Å². The van der Waals surface area contributed by atoms with Crippen LogP contribution in [0.5, 0.6) is 0 Å². The van der Waals surface area contributed by atoms with Crippen LogP contribution in [0, 0.1) is 0 Å². The lowest BCUT2D eigenvalue weighted by Gasteiger charge is -2.09. The summed E-state index contributed by atoms with van der Waals surface area (Å²) in [4.78, 5) is 9.70. The molecule has 1 fully saturated rings. The summed E-state index contributed by atoms with van der Waals surface area (Å²) in [5.74, 6) is 4.89. The molecule has 1 aromatic carbocycles. The minimum absolute atomic E-state index is 0.617. The quantitative estimate of drug-likeness (QED) is 0.660. The Morgan fingerprint density at radius 3 is 2.79 bits per heavy atom. The first-order valence-corrected chi connectivity index (χ1v) is 10.1. The second-order valence-corrected chi connectivity index (χ2v) is 7.31. The third kappa shape index (κ3) is 2.95. The van der Waals surface area contributed by atoms with Crippen molar-refractivity contribution in [2.24, 2.45) is 0 Å². The molecule has 0 unspecified atom stereocenters. The van der Waals surface area contributed by atoms with Gasteiger partial charge in [0.25, 0.3) is 0 Å². The van der Waals surface area contributed by atoms with Gasteiger partial charge in [-0.15, -0.1) is 0 Å². The second-order valence-electron chi connectivity index (χ2n) is 6.32. The van der Waals surface area contributed by atoms with E-state index in [4.69, 9.17) is 9.97 Å². The molecule has 3 aromatic rings. The maximum atomic E-state index is 4.88. The average molecular weight is 341 g/mol. The van der Waals surface area contributed by atoms with Crippen molar-refractivity contribution < 1.29 is 0 Å². The number of thioether (sulfide) groups is 1. The van der Waals surface area contributed by atoms with Crippen LogP contribution in [0.3, 0.4) is 0 Å². The molecule has 0 N–H and O–H groups in total. The standard InChI is InChI=1S/C18H23N5S/c1-3-23-17(20-16(21-23)10-11-24-2)12-22-15-7-5-4-6-14(15)19-18(22)13-8-9-13/h4-7,13H,3,8-12H2,1-2H3. The first kappa shape index (κ1) is 15.7. The monoisotopic (exact) mass is 341 g/mol. The van der Waals surface area contributed by atoms with E-state index in [2.05, 4.69) is 47.1 Å². The maximum Gasteiger partial charge on any atom is 0.151 e. The molecule has 24 heavy (non-hydrogen) atoms. The molecule has 1 aliphatic carbocycles. The molecule has 2 aromatic heterocycles. The topological polar surface area (TPSA) is 48.5 Å². The molecule has 6 heteroatoms. The molecular weight excluding hydrogens is 318 g/mol. The van der Waals surface area contributed by atoms with Gasteiger partial charge in [0, 0.05) is 24.6 Å². The first-order valence-electron chi connectivity index (χ1n) is 8.66. The van der Waals surface area contributed by atoms with Crippen LogP contribution >= 0.6 is 11.8 Å². The predicted octanol–water partition coefficient (Wildman–Crippen LogP) is 3.48. The molecule has 0 saturated heterocycles. The fourth-order valence-corrected chi connectivity index (χ4v) is 3.54. The van der Waals surface area contributed by atoms with Gasteiger partial charge in [-0.05, 0) is 38.2 Å². The van der Waals surface area contributed by atoms with Crippen LogP contribution in [0.25, 0.3) is 11.0 Å². The summed E-state index contributed by atoms with van der Waals surface area (Å²) in [6.45, 7) is 3.74. The minimum atomic E-state index is 0.617. The highest BCUT2D eigenvalue weighted by Crippen LogP contribution is 2.40. The number of rotatable bonds is 7. The summed E-state index contributed by atoms with van der Waals surface area (Å²) in [5.41, 5.74) is 2.29. The molecule has 1 aliphatic rings. The van der Waals surface area contributed by atoms with Crippen LogP contribution in [0.4, 0.5) is 0 Å². The Bertz CT molecular complexity index is 846. The largest absolute Gasteiger partial charge is 0.320 e. The fraction of sp³-hybridized carbons (Fsp3) is 0.500. The van der Waals surface area contributed by atoms with E-state index < -0.39 is 0 Å². The second kappa shape index (κ2) is 6.59. The number of fused-ring (bicyclic) bond motifs is 1. The lowest BCUT2D eigenvalue weighted by atomic mass is 10.3. The highest BCUT2D eigenvalue weighted by molar-refractivity contribution is 7.98. The first-order chi connectivity index (χ1) is 11.8. The van der Waals surface area contributed by atoms with Crippen LogP contribution in [-0.2, 0) is 19.5 Å². The third-order valence-electron chi connectivity index (χ3n) is 4.55. The van der Waals surface area contributed by atoms with Crippen molar-refractivity contribution in [3.05, 3.63) is 41.7 Å². The highest BCUT2D eigenvalue weighted by Gasteiger charge is 2.30. The van der Waals surface area contributed by atoms with Gasteiger partial charge in [-0.2, -0.15) is 16.9 Å². The van der Waals surface area contributed by atoms with Crippen LogP contribution in [0.1, 0.15) is 43.2 Å². The molecule has 2 heterocycles. The Labute approximate surface area is 146 Å². The summed E-state index contributed by atoms with van der Waals surface area (Å²) >= 11 is 1.84. The van der Waals surface area contributed by atoms with Crippen molar-refractivity contribution in [2.75, 3.05) is 12.0 Å².